The van der Waals surface area contributed by atoms with E-state index in [2.05, 4.69) is 15.2 Å². The topological polar surface area (TPSA) is 97.9 Å². The third-order valence-electron chi connectivity index (χ3n) is 6.14. The van der Waals surface area contributed by atoms with Crippen molar-refractivity contribution in [2.75, 3.05) is 43.5 Å². The molecule has 3 N–H and O–H groups in total. The van der Waals surface area contributed by atoms with Gasteiger partial charge in [-0.25, -0.2) is 0 Å². The maximum Gasteiger partial charge on any atom is 0.325 e. The first-order valence-corrected chi connectivity index (χ1v) is 11.2. The van der Waals surface area contributed by atoms with Crippen LogP contribution in [0.15, 0.2) is 48.7 Å². The number of ether oxygens (including phenoxy) is 1. The number of H-pyrrole nitrogens is 1. The van der Waals surface area contributed by atoms with Crippen molar-refractivity contribution >= 4 is 34.2 Å². The summed E-state index contributed by atoms with van der Waals surface area (Å²) in [4.78, 5) is 31.8. The summed E-state index contributed by atoms with van der Waals surface area (Å²) in [6, 6.07) is 12.7. The molecule has 1 aliphatic rings. The number of hydrogen-bond acceptors (Lipinski definition) is 5. The van der Waals surface area contributed by atoms with Crippen LogP contribution in [0.2, 0.25) is 0 Å². The predicted octanol–water partition coefficient (Wildman–Crippen LogP) is 3.72. The number of rotatable bonds is 7. The van der Waals surface area contributed by atoms with E-state index in [1.807, 2.05) is 61.2 Å². The molecule has 1 aromatic heterocycles. The van der Waals surface area contributed by atoms with Gasteiger partial charge >= 0.3 is 5.97 Å². The van der Waals surface area contributed by atoms with Crippen LogP contribution in [0.25, 0.3) is 10.9 Å². The van der Waals surface area contributed by atoms with Crippen LogP contribution in [0, 0.1) is 5.92 Å². The maximum absolute atomic E-state index is 12.3. The Morgan fingerprint density at radius 3 is 2.48 bits per heavy atom. The number of carboxylic acids is 1. The van der Waals surface area contributed by atoms with Gasteiger partial charge in [0.1, 0.15) is 11.8 Å². The van der Waals surface area contributed by atoms with Crippen LogP contribution < -0.4 is 15.0 Å². The van der Waals surface area contributed by atoms with Gasteiger partial charge in [-0.1, -0.05) is 32.0 Å². The largest absolute Gasteiger partial charge is 0.495 e. The molecule has 3 aromatic rings. The van der Waals surface area contributed by atoms with Gasteiger partial charge in [0.2, 0.25) is 5.91 Å². The standard InChI is InChI=1S/C25H30N4O4/c1-16(2)24(30)27-17-8-9-18-19(15-26-20(18)14-17)23(25(31)32)29-12-10-28(11-13-29)21-6-4-5-7-22(21)33-3/h4-9,14-16,23,26H,10-13H2,1-3H3,(H,27,30)(H,31,32)/t23-/m1/s1. The number of nitrogens with one attached hydrogen (secondary N) is 2. The van der Waals surface area contributed by atoms with E-state index in [0.717, 1.165) is 27.9 Å². The number of benzene rings is 2. The third kappa shape index (κ3) is 4.66. The zero-order valence-electron chi connectivity index (χ0n) is 19.2. The lowest BCUT2D eigenvalue weighted by atomic mass is 10.0. The molecule has 8 nitrogen and oxygen atoms in total. The zero-order chi connectivity index (χ0) is 23.5. The van der Waals surface area contributed by atoms with Crippen LogP contribution in [0.1, 0.15) is 25.5 Å². The molecule has 2 aromatic carbocycles. The Morgan fingerprint density at radius 2 is 1.82 bits per heavy atom. The van der Waals surface area contributed by atoms with E-state index in [9.17, 15) is 14.7 Å². The van der Waals surface area contributed by atoms with E-state index >= 15 is 0 Å². The van der Waals surface area contributed by atoms with Crippen molar-refractivity contribution in [3.63, 3.8) is 0 Å². The molecule has 0 unspecified atom stereocenters. The second-order valence-electron chi connectivity index (χ2n) is 8.58. The Balaban J connectivity index is 1.53. The minimum Gasteiger partial charge on any atom is -0.495 e. The third-order valence-corrected chi connectivity index (χ3v) is 6.14. The van der Waals surface area contributed by atoms with Crippen molar-refractivity contribution in [2.45, 2.75) is 19.9 Å². The van der Waals surface area contributed by atoms with Crippen molar-refractivity contribution < 1.29 is 19.4 Å². The van der Waals surface area contributed by atoms with Gasteiger partial charge in [-0.3, -0.25) is 14.5 Å². The summed E-state index contributed by atoms with van der Waals surface area (Å²) in [6.45, 7) is 6.32. The molecule has 1 aliphatic heterocycles. The van der Waals surface area contributed by atoms with Crippen molar-refractivity contribution in [3.05, 3.63) is 54.2 Å². The van der Waals surface area contributed by atoms with Crippen LogP contribution in [0.3, 0.4) is 0 Å². The quantitative estimate of drug-likeness (QED) is 0.508. The van der Waals surface area contributed by atoms with Gasteiger partial charge in [0.05, 0.1) is 12.8 Å². The van der Waals surface area contributed by atoms with E-state index in [0.29, 0.717) is 31.9 Å². The Morgan fingerprint density at radius 1 is 1.09 bits per heavy atom. The minimum absolute atomic E-state index is 0.0579. The molecule has 174 valence electrons. The summed E-state index contributed by atoms with van der Waals surface area (Å²) in [5, 5.41) is 13.8. The molecule has 1 fully saturated rings. The number of aromatic nitrogens is 1. The average molecular weight is 451 g/mol. The minimum atomic E-state index is -0.876. The molecule has 1 amide bonds. The number of piperazine rings is 1. The normalized spacial score (nSPS) is 15.6. The number of aliphatic carboxylic acids is 1. The van der Waals surface area contributed by atoms with Gasteiger partial charge in [-0.2, -0.15) is 0 Å². The number of aromatic amines is 1. The molecule has 0 spiro atoms. The first kappa shape index (κ1) is 22.7. The second-order valence-corrected chi connectivity index (χ2v) is 8.58. The van der Waals surface area contributed by atoms with E-state index in [-0.39, 0.29) is 11.8 Å². The van der Waals surface area contributed by atoms with Crippen LogP contribution in [0.5, 0.6) is 5.75 Å². The maximum atomic E-state index is 12.3. The van der Waals surface area contributed by atoms with Gasteiger partial charge in [0.15, 0.2) is 0 Å². The molecule has 0 bridgehead atoms. The molecule has 2 heterocycles. The molecule has 8 heteroatoms. The molecule has 0 aliphatic carbocycles. The molecule has 1 saturated heterocycles. The highest BCUT2D eigenvalue weighted by molar-refractivity contribution is 5.96. The number of carbonyl (C=O) groups excluding carboxylic acids is 1. The second kappa shape index (κ2) is 9.54. The van der Waals surface area contributed by atoms with Crippen molar-refractivity contribution in [1.29, 1.82) is 0 Å². The van der Waals surface area contributed by atoms with Crippen LogP contribution >= 0.6 is 0 Å². The van der Waals surface area contributed by atoms with Crippen LogP contribution in [-0.4, -0.2) is 60.2 Å². The number of methoxy groups -OCH3 is 1. The number of anilines is 2. The fourth-order valence-electron chi connectivity index (χ4n) is 4.34. The average Bonchev–Trinajstić information content (AvgIpc) is 3.22. The number of hydrogen-bond donors (Lipinski definition) is 3. The summed E-state index contributed by atoms with van der Waals surface area (Å²) in [7, 11) is 1.66. The summed E-state index contributed by atoms with van der Waals surface area (Å²) in [6.07, 6.45) is 1.77. The lowest BCUT2D eigenvalue weighted by Crippen LogP contribution is -2.49. The van der Waals surface area contributed by atoms with Gasteiger partial charge in [0, 0.05) is 60.4 Å². The van der Waals surface area contributed by atoms with Crippen LogP contribution in [0.4, 0.5) is 11.4 Å². The Bertz CT molecular complexity index is 1150. The van der Waals surface area contributed by atoms with Crippen LogP contribution in [-0.2, 0) is 9.59 Å². The number of carbonyl (C=O) groups is 2. The molecular weight excluding hydrogens is 420 g/mol. The Labute approximate surface area is 193 Å². The number of carboxylic acid groups (broad SMARTS) is 1. The number of nitrogens with zero attached hydrogens (tertiary/aromatic N) is 2. The first-order valence-electron chi connectivity index (χ1n) is 11.2. The molecule has 0 radical (unpaired) electrons. The van der Waals surface area contributed by atoms with Crippen molar-refractivity contribution in [1.82, 2.24) is 9.88 Å². The Kier molecular flexibility index (Phi) is 6.55. The predicted molar refractivity (Wildman–Crippen MR) is 129 cm³/mol. The van der Waals surface area contributed by atoms with Gasteiger partial charge in [0.25, 0.3) is 0 Å². The van der Waals surface area contributed by atoms with E-state index in [1.165, 1.54) is 0 Å². The van der Waals surface area contributed by atoms with Gasteiger partial charge < -0.3 is 25.0 Å². The summed E-state index contributed by atoms with van der Waals surface area (Å²) >= 11 is 0. The zero-order valence-corrected chi connectivity index (χ0v) is 19.2. The SMILES string of the molecule is COc1ccccc1N1CCN([C@@H](C(=O)O)c2c[nH]c3cc(NC(=O)C(C)C)ccc23)CC1. The highest BCUT2D eigenvalue weighted by atomic mass is 16.5. The number of fused-ring (bicyclic) bond motifs is 1. The van der Waals surface area contributed by atoms with Crippen molar-refractivity contribution in [3.8, 4) is 5.75 Å². The fraction of sp³-hybridized carbons (Fsp3) is 0.360. The summed E-state index contributed by atoms with van der Waals surface area (Å²) < 4.78 is 5.49. The smallest absolute Gasteiger partial charge is 0.325 e. The molecule has 1 atom stereocenters. The summed E-state index contributed by atoms with van der Waals surface area (Å²) in [5.41, 5.74) is 3.23. The van der Waals surface area contributed by atoms with Crippen molar-refractivity contribution in [2.24, 2.45) is 5.92 Å². The fourth-order valence-corrected chi connectivity index (χ4v) is 4.34. The van der Waals surface area contributed by atoms with E-state index < -0.39 is 12.0 Å². The highest BCUT2D eigenvalue weighted by Crippen LogP contribution is 2.33. The first-order chi connectivity index (χ1) is 15.9. The molecule has 4 rings (SSSR count). The highest BCUT2D eigenvalue weighted by Gasteiger charge is 2.32. The summed E-state index contributed by atoms with van der Waals surface area (Å²) in [5.74, 6) is -0.236. The lowest BCUT2D eigenvalue weighted by Gasteiger charge is -2.39. The van der Waals surface area contributed by atoms with E-state index in [1.54, 1.807) is 13.3 Å². The number of para-hydroxylation sites is 2. The number of amides is 1. The monoisotopic (exact) mass is 450 g/mol. The van der Waals surface area contributed by atoms with Gasteiger partial charge in [-0.15, -0.1) is 0 Å². The van der Waals surface area contributed by atoms with Gasteiger partial charge in [-0.05, 0) is 24.3 Å². The molecular formula is C25H30N4O4. The molecule has 0 saturated carbocycles. The lowest BCUT2D eigenvalue weighted by molar-refractivity contribution is -0.143. The molecule has 33 heavy (non-hydrogen) atoms. The van der Waals surface area contributed by atoms with E-state index in [4.69, 9.17) is 4.74 Å². The Hall–Kier alpha value is -3.52.